The summed E-state index contributed by atoms with van der Waals surface area (Å²) in [5.41, 5.74) is 8.82. The van der Waals surface area contributed by atoms with Crippen LogP contribution < -0.4 is 15.8 Å². The van der Waals surface area contributed by atoms with Gasteiger partial charge in [0.05, 0.1) is 7.11 Å². The van der Waals surface area contributed by atoms with Crippen molar-refractivity contribution in [1.29, 1.82) is 0 Å². The van der Waals surface area contributed by atoms with Crippen LogP contribution in [0.1, 0.15) is 20.9 Å². The Morgan fingerprint density at radius 1 is 1.35 bits per heavy atom. The van der Waals surface area contributed by atoms with Gasteiger partial charge in [-0.1, -0.05) is 12.2 Å². The summed E-state index contributed by atoms with van der Waals surface area (Å²) in [5.74, 6) is 0.783. The number of methoxy groups -OCH3 is 1. The Bertz CT molecular complexity index is 615. The Labute approximate surface area is 128 Å². The molecule has 106 valence electrons. The largest absolute Gasteiger partial charge is 0.497 e. The van der Waals surface area contributed by atoms with Gasteiger partial charge in [-0.05, 0) is 37.6 Å². The Balaban J connectivity index is 2.20. The molecule has 0 bridgehead atoms. The Hall–Kier alpha value is -1.59. The number of anilines is 1. The SMILES string of the molecule is COc1ccc(C(N)=S)c(NCc2cc(C)c(C)s2)c1. The molecule has 5 heteroatoms. The van der Waals surface area contributed by atoms with Crippen LogP contribution in [-0.2, 0) is 6.54 Å². The molecule has 3 nitrogen and oxygen atoms in total. The molecule has 0 saturated heterocycles. The Morgan fingerprint density at radius 2 is 2.10 bits per heavy atom. The van der Waals surface area contributed by atoms with Crippen LogP contribution in [-0.4, -0.2) is 12.1 Å². The highest BCUT2D eigenvalue weighted by atomic mass is 32.1. The predicted molar refractivity (Wildman–Crippen MR) is 90.0 cm³/mol. The van der Waals surface area contributed by atoms with E-state index < -0.39 is 0 Å². The first kappa shape index (κ1) is 14.8. The summed E-state index contributed by atoms with van der Waals surface area (Å²) in [6.07, 6.45) is 0. The van der Waals surface area contributed by atoms with Crippen LogP contribution in [0.25, 0.3) is 0 Å². The third-order valence-electron chi connectivity index (χ3n) is 3.16. The highest BCUT2D eigenvalue weighted by molar-refractivity contribution is 7.80. The third-order valence-corrected chi connectivity index (χ3v) is 4.53. The van der Waals surface area contributed by atoms with Crippen molar-refractivity contribution in [2.24, 2.45) is 5.73 Å². The van der Waals surface area contributed by atoms with Gasteiger partial charge in [0.1, 0.15) is 10.7 Å². The normalized spacial score (nSPS) is 10.3. The molecular formula is C15H18N2OS2. The molecule has 0 aliphatic rings. The van der Waals surface area contributed by atoms with Crippen molar-refractivity contribution in [3.63, 3.8) is 0 Å². The van der Waals surface area contributed by atoms with Crippen molar-refractivity contribution < 1.29 is 4.74 Å². The fourth-order valence-corrected chi connectivity index (χ4v) is 3.10. The molecule has 0 spiro atoms. The molecule has 20 heavy (non-hydrogen) atoms. The van der Waals surface area contributed by atoms with E-state index >= 15 is 0 Å². The number of thiocarbonyl (C=S) groups is 1. The van der Waals surface area contributed by atoms with Gasteiger partial charge in [0.15, 0.2) is 0 Å². The Morgan fingerprint density at radius 3 is 2.65 bits per heavy atom. The molecule has 0 unspecified atom stereocenters. The minimum absolute atomic E-state index is 0.383. The molecule has 1 heterocycles. The number of nitrogens with two attached hydrogens (primary N) is 1. The molecule has 2 aromatic rings. The maximum absolute atomic E-state index is 5.76. The van der Waals surface area contributed by atoms with Gasteiger partial charge in [-0.3, -0.25) is 0 Å². The molecule has 2 rings (SSSR count). The highest BCUT2D eigenvalue weighted by Crippen LogP contribution is 2.25. The van der Waals surface area contributed by atoms with Gasteiger partial charge >= 0.3 is 0 Å². The molecule has 0 aliphatic heterocycles. The number of aryl methyl sites for hydroxylation is 2. The lowest BCUT2D eigenvalue weighted by atomic mass is 10.1. The predicted octanol–water partition coefficient (Wildman–Crippen LogP) is 3.62. The smallest absolute Gasteiger partial charge is 0.120 e. The van der Waals surface area contributed by atoms with Gasteiger partial charge in [0.25, 0.3) is 0 Å². The third kappa shape index (κ3) is 3.29. The number of benzene rings is 1. The lowest BCUT2D eigenvalue weighted by Crippen LogP contribution is -2.13. The monoisotopic (exact) mass is 306 g/mol. The van der Waals surface area contributed by atoms with Crippen LogP contribution >= 0.6 is 23.6 Å². The minimum atomic E-state index is 0.383. The van der Waals surface area contributed by atoms with Crippen LogP contribution in [0, 0.1) is 13.8 Å². The van der Waals surface area contributed by atoms with E-state index in [1.54, 1.807) is 18.4 Å². The first-order chi connectivity index (χ1) is 9.51. The number of thiophene rings is 1. The van der Waals surface area contributed by atoms with Crippen LogP contribution in [0.2, 0.25) is 0 Å². The molecule has 0 saturated carbocycles. The van der Waals surface area contributed by atoms with Gasteiger partial charge in [-0.15, -0.1) is 11.3 Å². The topological polar surface area (TPSA) is 47.3 Å². The second kappa shape index (κ2) is 6.24. The summed E-state index contributed by atoms with van der Waals surface area (Å²) in [4.78, 5) is 3.02. The van der Waals surface area contributed by atoms with E-state index in [-0.39, 0.29) is 0 Å². The molecule has 3 N–H and O–H groups in total. The maximum atomic E-state index is 5.76. The van der Waals surface area contributed by atoms with Gasteiger partial charge in [0, 0.05) is 33.6 Å². The average Bonchev–Trinajstić information content (AvgIpc) is 2.75. The molecule has 1 aromatic carbocycles. The summed E-state index contributed by atoms with van der Waals surface area (Å²) >= 11 is 6.88. The second-order valence-electron chi connectivity index (χ2n) is 4.58. The van der Waals surface area contributed by atoms with E-state index in [0.29, 0.717) is 4.99 Å². The lowest BCUT2D eigenvalue weighted by Gasteiger charge is -2.12. The zero-order valence-electron chi connectivity index (χ0n) is 11.8. The van der Waals surface area contributed by atoms with Gasteiger partial charge < -0.3 is 15.8 Å². The van der Waals surface area contributed by atoms with Crippen LogP contribution in [0.5, 0.6) is 5.75 Å². The van der Waals surface area contributed by atoms with Crippen LogP contribution in [0.3, 0.4) is 0 Å². The molecule has 0 amide bonds. The number of nitrogens with one attached hydrogen (secondary N) is 1. The van der Waals surface area contributed by atoms with Crippen molar-refractivity contribution in [3.8, 4) is 5.75 Å². The molecule has 0 radical (unpaired) electrons. The maximum Gasteiger partial charge on any atom is 0.120 e. The number of hydrogen-bond donors (Lipinski definition) is 2. The van der Waals surface area contributed by atoms with E-state index in [1.807, 2.05) is 18.2 Å². The summed E-state index contributed by atoms with van der Waals surface area (Å²) in [6, 6.07) is 7.86. The van der Waals surface area contributed by atoms with Crippen molar-refractivity contribution in [3.05, 3.63) is 45.1 Å². The van der Waals surface area contributed by atoms with Crippen molar-refractivity contribution >= 4 is 34.2 Å². The zero-order chi connectivity index (χ0) is 14.7. The van der Waals surface area contributed by atoms with Crippen LogP contribution in [0.4, 0.5) is 5.69 Å². The fourth-order valence-electron chi connectivity index (χ4n) is 1.93. The highest BCUT2D eigenvalue weighted by Gasteiger charge is 2.08. The van der Waals surface area contributed by atoms with E-state index in [9.17, 15) is 0 Å². The number of hydrogen-bond acceptors (Lipinski definition) is 4. The number of rotatable bonds is 5. The van der Waals surface area contributed by atoms with Crippen LogP contribution in [0.15, 0.2) is 24.3 Å². The molecule has 0 atom stereocenters. The fraction of sp³-hybridized carbons (Fsp3) is 0.267. The van der Waals surface area contributed by atoms with E-state index in [2.05, 4.69) is 25.2 Å². The second-order valence-corrected chi connectivity index (χ2v) is 6.36. The Kier molecular flexibility index (Phi) is 4.62. The minimum Gasteiger partial charge on any atom is -0.497 e. The van der Waals surface area contributed by atoms with E-state index in [1.165, 1.54) is 15.3 Å². The van der Waals surface area contributed by atoms with E-state index in [4.69, 9.17) is 22.7 Å². The average molecular weight is 306 g/mol. The van der Waals surface area contributed by atoms with Crippen molar-refractivity contribution in [2.45, 2.75) is 20.4 Å². The molecule has 1 aromatic heterocycles. The first-order valence-corrected chi connectivity index (χ1v) is 7.51. The van der Waals surface area contributed by atoms with Crippen molar-refractivity contribution in [2.75, 3.05) is 12.4 Å². The van der Waals surface area contributed by atoms with Gasteiger partial charge in [-0.25, -0.2) is 0 Å². The summed E-state index contributed by atoms with van der Waals surface area (Å²) in [6.45, 7) is 5.01. The quantitative estimate of drug-likeness (QED) is 0.828. The standard InChI is InChI=1S/C15H18N2OS2/c1-9-6-12(20-10(9)2)8-17-14-7-11(18-3)4-5-13(14)15(16)19/h4-7,17H,8H2,1-3H3,(H2,16,19). The van der Waals surface area contributed by atoms with Gasteiger partial charge in [0.2, 0.25) is 0 Å². The summed E-state index contributed by atoms with van der Waals surface area (Å²) in [7, 11) is 1.64. The zero-order valence-corrected chi connectivity index (χ0v) is 13.5. The summed E-state index contributed by atoms with van der Waals surface area (Å²) in [5, 5.41) is 3.39. The lowest BCUT2D eigenvalue weighted by molar-refractivity contribution is 0.415. The van der Waals surface area contributed by atoms with Crippen molar-refractivity contribution in [1.82, 2.24) is 0 Å². The van der Waals surface area contributed by atoms with Gasteiger partial charge in [-0.2, -0.15) is 0 Å². The molecular weight excluding hydrogens is 288 g/mol. The number of ether oxygens (including phenoxy) is 1. The molecule has 0 fully saturated rings. The summed E-state index contributed by atoms with van der Waals surface area (Å²) < 4.78 is 5.24. The first-order valence-electron chi connectivity index (χ1n) is 6.29. The van der Waals surface area contributed by atoms with E-state index in [0.717, 1.165) is 23.5 Å². The molecule has 0 aliphatic carbocycles.